The van der Waals surface area contributed by atoms with E-state index in [1.165, 1.54) is 37.3 Å². The van der Waals surface area contributed by atoms with Crippen molar-refractivity contribution < 1.29 is 9.53 Å². The molecule has 4 nitrogen and oxygen atoms in total. The molecule has 2 aromatic rings. The molecule has 1 amide bonds. The van der Waals surface area contributed by atoms with Gasteiger partial charge in [-0.25, -0.2) is 0 Å². The number of nitrogens with one attached hydrogen (secondary N) is 1. The highest BCUT2D eigenvalue weighted by Gasteiger charge is 2.40. The van der Waals surface area contributed by atoms with Gasteiger partial charge in [0.1, 0.15) is 5.75 Å². The van der Waals surface area contributed by atoms with Crippen LogP contribution in [-0.2, 0) is 0 Å². The Labute approximate surface area is 152 Å². The van der Waals surface area contributed by atoms with Crippen LogP contribution >= 0.6 is 11.3 Å². The largest absolute Gasteiger partial charge is 0.447 e. The van der Waals surface area contributed by atoms with E-state index >= 15 is 0 Å². The maximum Gasteiger partial charge on any atom is 0.261 e. The minimum Gasteiger partial charge on any atom is -0.447 e. The van der Waals surface area contributed by atoms with Crippen LogP contribution in [0.1, 0.15) is 35.0 Å². The Morgan fingerprint density at radius 1 is 1.24 bits per heavy atom. The third kappa shape index (κ3) is 3.44. The van der Waals surface area contributed by atoms with Crippen molar-refractivity contribution in [3.05, 3.63) is 46.8 Å². The Morgan fingerprint density at radius 3 is 2.76 bits per heavy atom. The topological polar surface area (TPSA) is 41.6 Å². The number of thiophene rings is 1. The van der Waals surface area contributed by atoms with Gasteiger partial charge in [-0.15, -0.1) is 0 Å². The van der Waals surface area contributed by atoms with E-state index in [0.29, 0.717) is 16.8 Å². The van der Waals surface area contributed by atoms with E-state index in [1.54, 1.807) is 0 Å². The van der Waals surface area contributed by atoms with E-state index < -0.39 is 0 Å². The highest BCUT2D eigenvalue weighted by Crippen LogP contribution is 2.33. The smallest absolute Gasteiger partial charge is 0.261 e. The first-order chi connectivity index (χ1) is 12.1. The number of piperidine rings is 3. The van der Waals surface area contributed by atoms with E-state index in [1.807, 2.05) is 43.3 Å². The molecule has 0 spiro atoms. The number of rotatable bonds is 4. The average molecular weight is 356 g/mol. The standard InChI is InChI=1S/C20H24N2O2S/c1-13-4-3-5-16(12-13)24-18-7-6-17(25-18)20(23)21-19-14(2)22-10-8-15(19)9-11-22/h3-7,12,14-15,19H,8-11H2,1-2H3,(H,21,23)/t14-,19-/m0/s1. The molecular formula is C20H24N2O2S. The molecule has 3 aliphatic rings. The molecule has 1 aromatic carbocycles. The van der Waals surface area contributed by atoms with Crippen LogP contribution in [0.15, 0.2) is 36.4 Å². The summed E-state index contributed by atoms with van der Waals surface area (Å²) in [6.07, 6.45) is 2.39. The Hall–Kier alpha value is -1.85. The highest BCUT2D eigenvalue weighted by molar-refractivity contribution is 7.15. The van der Waals surface area contributed by atoms with E-state index in [2.05, 4.69) is 17.1 Å². The van der Waals surface area contributed by atoms with Crippen molar-refractivity contribution in [1.29, 1.82) is 0 Å². The number of hydrogen-bond acceptors (Lipinski definition) is 4. The van der Waals surface area contributed by atoms with Gasteiger partial charge in [0.05, 0.1) is 4.88 Å². The Bertz CT molecular complexity index is 763. The Morgan fingerprint density at radius 2 is 2.04 bits per heavy atom. The molecule has 0 unspecified atom stereocenters. The second-order valence-corrected chi connectivity index (χ2v) is 8.20. The van der Waals surface area contributed by atoms with Crippen molar-refractivity contribution >= 4 is 17.2 Å². The van der Waals surface area contributed by atoms with Crippen LogP contribution in [0.4, 0.5) is 0 Å². The molecule has 1 N–H and O–H groups in total. The Kier molecular flexibility index (Phi) is 4.52. The van der Waals surface area contributed by atoms with E-state index in [-0.39, 0.29) is 11.9 Å². The van der Waals surface area contributed by atoms with E-state index in [4.69, 9.17) is 4.74 Å². The van der Waals surface area contributed by atoms with Crippen LogP contribution in [0.25, 0.3) is 0 Å². The van der Waals surface area contributed by atoms with Gasteiger partial charge in [0.25, 0.3) is 5.91 Å². The van der Waals surface area contributed by atoms with Gasteiger partial charge in [0, 0.05) is 12.1 Å². The lowest BCUT2D eigenvalue weighted by molar-refractivity contribution is 0.0218. The number of fused-ring (bicyclic) bond motifs is 3. The zero-order chi connectivity index (χ0) is 17.4. The number of ether oxygens (including phenoxy) is 1. The molecule has 1 aromatic heterocycles. The van der Waals surface area contributed by atoms with Crippen molar-refractivity contribution in [2.75, 3.05) is 13.1 Å². The number of amides is 1. The van der Waals surface area contributed by atoms with Crippen LogP contribution in [-0.4, -0.2) is 36.0 Å². The molecule has 3 fully saturated rings. The minimum absolute atomic E-state index is 0.0229. The second-order valence-electron chi connectivity index (χ2n) is 7.15. The monoisotopic (exact) mass is 356 g/mol. The van der Waals surface area contributed by atoms with Gasteiger partial charge in [0.15, 0.2) is 5.06 Å². The van der Waals surface area contributed by atoms with Crippen molar-refractivity contribution in [2.45, 2.75) is 38.8 Å². The van der Waals surface area contributed by atoms with Crippen LogP contribution < -0.4 is 10.1 Å². The lowest BCUT2D eigenvalue weighted by atomic mass is 9.79. The summed E-state index contributed by atoms with van der Waals surface area (Å²) >= 11 is 1.40. The van der Waals surface area contributed by atoms with Gasteiger partial charge >= 0.3 is 0 Å². The fraction of sp³-hybridized carbons (Fsp3) is 0.450. The van der Waals surface area contributed by atoms with Gasteiger partial charge < -0.3 is 10.1 Å². The summed E-state index contributed by atoms with van der Waals surface area (Å²) in [6.45, 7) is 6.61. The number of carbonyl (C=O) groups excluding carboxylic acids is 1. The molecule has 132 valence electrons. The maximum absolute atomic E-state index is 12.7. The molecule has 4 heterocycles. The number of aryl methyl sites for hydroxylation is 1. The number of hydrogen-bond donors (Lipinski definition) is 1. The molecule has 2 bridgehead atoms. The van der Waals surface area contributed by atoms with Crippen molar-refractivity contribution in [1.82, 2.24) is 10.2 Å². The molecule has 0 aliphatic carbocycles. The second kappa shape index (κ2) is 6.81. The summed E-state index contributed by atoms with van der Waals surface area (Å²) in [7, 11) is 0. The van der Waals surface area contributed by atoms with Crippen molar-refractivity contribution in [3.63, 3.8) is 0 Å². The molecule has 25 heavy (non-hydrogen) atoms. The summed E-state index contributed by atoms with van der Waals surface area (Å²) < 4.78 is 5.88. The van der Waals surface area contributed by atoms with Crippen LogP contribution in [0.3, 0.4) is 0 Å². The molecule has 3 aliphatic heterocycles. The van der Waals surface area contributed by atoms with Gasteiger partial charge in [0.2, 0.25) is 0 Å². The first kappa shape index (κ1) is 16.6. The predicted molar refractivity (Wildman–Crippen MR) is 101 cm³/mol. The van der Waals surface area contributed by atoms with E-state index in [0.717, 1.165) is 16.4 Å². The van der Waals surface area contributed by atoms with Gasteiger partial charge in [-0.3, -0.25) is 9.69 Å². The van der Waals surface area contributed by atoms with E-state index in [9.17, 15) is 4.79 Å². The average Bonchev–Trinajstić information content (AvgIpc) is 3.07. The van der Waals surface area contributed by atoms with Crippen molar-refractivity contribution in [3.8, 4) is 10.8 Å². The Balaban J connectivity index is 1.42. The number of carbonyl (C=O) groups is 1. The molecular weight excluding hydrogens is 332 g/mol. The fourth-order valence-corrected chi connectivity index (χ4v) is 4.84. The van der Waals surface area contributed by atoms with Gasteiger partial charge in [-0.1, -0.05) is 23.5 Å². The van der Waals surface area contributed by atoms with Gasteiger partial charge in [-0.2, -0.15) is 0 Å². The zero-order valence-electron chi connectivity index (χ0n) is 14.7. The van der Waals surface area contributed by atoms with Gasteiger partial charge in [-0.05, 0) is 75.5 Å². The predicted octanol–water partition coefficient (Wildman–Crippen LogP) is 4.06. The van der Waals surface area contributed by atoms with Crippen LogP contribution in [0.2, 0.25) is 0 Å². The first-order valence-corrected chi connectivity index (χ1v) is 9.81. The summed E-state index contributed by atoms with van der Waals surface area (Å²) in [5.74, 6) is 1.45. The number of nitrogens with zero attached hydrogens (tertiary/aromatic N) is 1. The molecule has 5 rings (SSSR count). The third-order valence-corrected chi connectivity index (χ3v) is 6.45. The quantitative estimate of drug-likeness (QED) is 0.898. The summed E-state index contributed by atoms with van der Waals surface area (Å²) in [4.78, 5) is 15.9. The molecule has 3 saturated heterocycles. The zero-order valence-corrected chi connectivity index (χ0v) is 15.5. The summed E-state index contributed by atoms with van der Waals surface area (Å²) in [5.41, 5.74) is 1.16. The van der Waals surface area contributed by atoms with Crippen LogP contribution in [0, 0.1) is 12.8 Å². The van der Waals surface area contributed by atoms with Crippen LogP contribution in [0.5, 0.6) is 10.8 Å². The number of benzene rings is 1. The third-order valence-electron chi connectivity index (χ3n) is 5.49. The summed E-state index contributed by atoms with van der Waals surface area (Å²) in [6, 6.07) is 12.4. The maximum atomic E-state index is 12.7. The minimum atomic E-state index is 0.0229. The lowest BCUT2D eigenvalue weighted by Gasteiger charge is -2.49. The molecule has 5 heteroatoms. The molecule has 2 atom stereocenters. The fourth-order valence-electron chi connectivity index (χ4n) is 4.06. The first-order valence-electron chi connectivity index (χ1n) is 8.99. The SMILES string of the molecule is Cc1cccc(Oc2ccc(C(=O)N[C@@H]3C4CCN(CC4)[C@H]3C)s2)c1. The summed E-state index contributed by atoms with van der Waals surface area (Å²) in [5, 5.41) is 4.02. The molecule has 0 saturated carbocycles. The lowest BCUT2D eigenvalue weighted by Crippen LogP contribution is -2.62. The molecule has 0 radical (unpaired) electrons. The normalized spacial score (nSPS) is 27.9. The van der Waals surface area contributed by atoms with Crippen molar-refractivity contribution in [2.24, 2.45) is 5.92 Å². The highest BCUT2D eigenvalue weighted by atomic mass is 32.1.